The third-order valence-electron chi connectivity index (χ3n) is 0.405. The predicted octanol–water partition coefficient (Wildman–Crippen LogP) is -0.153. The van der Waals surface area contributed by atoms with Gasteiger partial charge in [-0.05, 0) is 0 Å². The molecule has 0 saturated heterocycles. The van der Waals surface area contributed by atoms with Gasteiger partial charge in [-0.3, -0.25) is 0 Å². The fourth-order valence-electron chi connectivity index (χ4n) is 0.137. The average Bonchev–Trinajstić information content (AvgIpc) is 1.61. The molecule has 0 aromatic carbocycles. The molecule has 35 valence electrons. The van der Waals surface area contributed by atoms with Crippen molar-refractivity contribution in [2.45, 2.75) is 6.42 Å². The molecule has 0 unspecified atom stereocenters. The van der Waals surface area contributed by atoms with E-state index in [-0.39, 0.29) is 6.61 Å². The van der Waals surface area contributed by atoms with E-state index in [9.17, 15) is 0 Å². The van der Waals surface area contributed by atoms with Gasteiger partial charge < -0.3 is 0 Å². The van der Waals surface area contributed by atoms with Crippen molar-refractivity contribution in [3.8, 4) is 0 Å². The Morgan fingerprint density at radius 2 is 2.33 bits per heavy atom. The summed E-state index contributed by atoms with van der Waals surface area (Å²) in [5.74, 6) is 0. The fraction of sp³-hybridized carbons (Fsp3) is 1.00. The number of rotatable bonds is 3. The Labute approximate surface area is 49.4 Å². The summed E-state index contributed by atoms with van der Waals surface area (Å²) in [5, 5.41) is 8.12. The monoisotopic (exact) mass is 123 g/mol. The van der Waals surface area contributed by atoms with Gasteiger partial charge in [-0.2, -0.15) is 0 Å². The van der Waals surface area contributed by atoms with Gasteiger partial charge in [0.15, 0.2) is 0 Å². The second-order valence-electron chi connectivity index (χ2n) is 0.926. The van der Waals surface area contributed by atoms with Crippen molar-refractivity contribution in [2.24, 2.45) is 0 Å². The number of hydrogen-bond donors (Lipinski definition) is 1. The number of aliphatic hydroxyl groups excluding tert-OH is 1. The molecule has 0 rings (SSSR count). The normalized spacial score (nSPS) is 8.67. The van der Waals surface area contributed by atoms with E-state index in [0.29, 0.717) is 6.61 Å². The first kappa shape index (κ1) is 6.63. The van der Waals surface area contributed by atoms with E-state index in [4.69, 9.17) is 5.11 Å². The average molecular weight is 123 g/mol. The molecule has 2 nitrogen and oxygen atoms in total. The van der Waals surface area contributed by atoms with Gasteiger partial charge in [0.25, 0.3) is 0 Å². The zero-order valence-electron chi connectivity index (χ0n) is 3.48. The van der Waals surface area contributed by atoms with Crippen LogP contribution in [-0.4, -0.2) is 18.3 Å². The van der Waals surface area contributed by atoms with E-state index in [1.165, 1.54) is 0 Å². The molecule has 0 radical (unpaired) electrons. The zero-order valence-corrected chi connectivity index (χ0v) is 5.04. The van der Waals surface area contributed by atoms with Crippen LogP contribution in [0.4, 0.5) is 0 Å². The van der Waals surface area contributed by atoms with Crippen molar-refractivity contribution in [2.75, 3.05) is 13.2 Å². The maximum absolute atomic E-state index is 8.12. The van der Waals surface area contributed by atoms with Gasteiger partial charge in [0, 0.05) is 0 Å². The Bertz CT molecular complexity index is 20.8. The summed E-state index contributed by atoms with van der Waals surface area (Å²) in [4.78, 5) is 0. The van der Waals surface area contributed by atoms with Crippen molar-refractivity contribution in [1.29, 1.82) is 0 Å². The number of hydrogen-bond acceptors (Lipinski definition) is 2. The van der Waals surface area contributed by atoms with Gasteiger partial charge in [0.2, 0.25) is 0 Å². The van der Waals surface area contributed by atoms with Crippen LogP contribution in [0, 0.1) is 0 Å². The molecule has 0 aliphatic rings. The van der Waals surface area contributed by atoms with Gasteiger partial charge in [-0.15, -0.1) is 0 Å². The first-order chi connectivity index (χ1) is 2.91. The third kappa shape index (κ3) is 4.63. The Balaban J connectivity index is 2.34. The van der Waals surface area contributed by atoms with Crippen LogP contribution in [0.15, 0.2) is 0 Å². The molecule has 3 heteroatoms. The predicted molar refractivity (Wildman–Crippen MR) is 17.7 cm³/mol. The van der Waals surface area contributed by atoms with E-state index in [1.54, 1.807) is 20.8 Å². The van der Waals surface area contributed by atoms with Crippen LogP contribution in [-0.2, 0) is 24.1 Å². The van der Waals surface area contributed by atoms with Crippen molar-refractivity contribution < 1.29 is 29.2 Å². The van der Waals surface area contributed by atoms with Crippen LogP contribution < -0.4 is 0 Å². The van der Waals surface area contributed by atoms with E-state index in [0.717, 1.165) is 6.42 Å². The van der Waals surface area contributed by atoms with Crippen LogP contribution >= 0.6 is 0 Å². The van der Waals surface area contributed by atoms with Crippen molar-refractivity contribution >= 4 is 0 Å². The zero-order chi connectivity index (χ0) is 4.83. The van der Waals surface area contributed by atoms with Crippen molar-refractivity contribution in [1.82, 2.24) is 0 Å². The molecular formula is C3H7O2Ti. The van der Waals surface area contributed by atoms with Gasteiger partial charge in [-0.1, -0.05) is 0 Å². The standard InChI is InChI=1S/C3H7O2.Ti/c4-2-1-3-5;/h4H,1-3H2;/q-1;+1. The molecule has 0 saturated carbocycles. The van der Waals surface area contributed by atoms with Crippen molar-refractivity contribution in [3.05, 3.63) is 0 Å². The number of aliphatic hydroxyl groups is 1. The molecule has 0 amide bonds. The van der Waals surface area contributed by atoms with Crippen molar-refractivity contribution in [3.63, 3.8) is 0 Å². The molecule has 1 N–H and O–H groups in total. The minimum absolute atomic E-state index is 0.230. The van der Waals surface area contributed by atoms with E-state index in [1.807, 2.05) is 0 Å². The molecular weight excluding hydrogens is 116 g/mol. The van der Waals surface area contributed by atoms with Crippen LogP contribution in [0.2, 0.25) is 0 Å². The SMILES string of the molecule is OCCC[O][Ti]. The van der Waals surface area contributed by atoms with Crippen LogP contribution in [0.5, 0.6) is 0 Å². The van der Waals surface area contributed by atoms with Gasteiger partial charge in [0.1, 0.15) is 0 Å². The van der Waals surface area contributed by atoms with Crippen LogP contribution in [0.25, 0.3) is 0 Å². The summed E-state index contributed by atoms with van der Waals surface area (Å²) in [6.07, 6.45) is 0.747. The second-order valence-corrected chi connectivity index (χ2v) is 1.38. The summed E-state index contributed by atoms with van der Waals surface area (Å²) in [7, 11) is 0. The fourth-order valence-corrected chi connectivity index (χ4v) is 0.362. The van der Waals surface area contributed by atoms with Crippen LogP contribution in [0.1, 0.15) is 6.42 Å². The molecule has 6 heavy (non-hydrogen) atoms. The molecule has 0 aliphatic heterocycles. The van der Waals surface area contributed by atoms with Gasteiger partial charge >= 0.3 is 48.9 Å². The molecule has 0 spiro atoms. The summed E-state index contributed by atoms with van der Waals surface area (Å²) < 4.78 is 4.62. The first-order valence-electron chi connectivity index (χ1n) is 1.81. The first-order valence-corrected chi connectivity index (χ1v) is 2.45. The molecule has 0 atom stereocenters. The third-order valence-corrected chi connectivity index (χ3v) is 0.723. The van der Waals surface area contributed by atoms with Gasteiger partial charge in [-0.25, -0.2) is 0 Å². The Hall–Kier alpha value is 0.634. The Kier molecular flexibility index (Phi) is 6.23. The maximum atomic E-state index is 8.12. The second kappa shape index (κ2) is 5.63. The van der Waals surface area contributed by atoms with Gasteiger partial charge in [0.05, 0.1) is 0 Å². The summed E-state index contributed by atoms with van der Waals surface area (Å²) >= 11 is 1.62. The molecule has 0 fully saturated rings. The van der Waals surface area contributed by atoms with E-state index < -0.39 is 0 Å². The van der Waals surface area contributed by atoms with E-state index >= 15 is 0 Å². The quantitative estimate of drug-likeness (QED) is 0.417. The topological polar surface area (TPSA) is 29.5 Å². The van der Waals surface area contributed by atoms with Crippen LogP contribution in [0.3, 0.4) is 0 Å². The molecule has 0 bridgehead atoms. The molecule has 0 heterocycles. The molecule has 0 aromatic rings. The molecule has 0 aromatic heterocycles. The summed E-state index contributed by atoms with van der Waals surface area (Å²) in [5.41, 5.74) is 0. The summed E-state index contributed by atoms with van der Waals surface area (Å²) in [6, 6.07) is 0. The molecule has 0 aliphatic carbocycles. The summed E-state index contributed by atoms with van der Waals surface area (Å²) in [6.45, 7) is 0.893. The Morgan fingerprint density at radius 1 is 1.67 bits per heavy atom. The Morgan fingerprint density at radius 3 is 2.50 bits per heavy atom. The minimum atomic E-state index is 0.230. The van der Waals surface area contributed by atoms with E-state index in [2.05, 4.69) is 3.32 Å².